The molecule has 2 heterocycles. The first-order chi connectivity index (χ1) is 9.92. The van der Waals surface area contributed by atoms with E-state index in [9.17, 15) is 9.90 Å². The maximum Gasteiger partial charge on any atom is 0.341 e. The number of hydrogen-bond acceptors (Lipinski definition) is 4. The predicted octanol–water partition coefficient (Wildman–Crippen LogP) is 2.58. The molecule has 1 fully saturated rings. The number of carboxylic acids is 1. The van der Waals surface area contributed by atoms with Gasteiger partial charge in [-0.15, -0.1) is 0 Å². The number of aryl methyl sites for hydroxylation is 2. The highest BCUT2D eigenvalue weighted by Crippen LogP contribution is 2.33. The number of aromatic carboxylic acids is 1. The zero-order valence-corrected chi connectivity index (χ0v) is 13.3. The summed E-state index contributed by atoms with van der Waals surface area (Å²) in [6, 6.07) is 0.214. The summed E-state index contributed by atoms with van der Waals surface area (Å²) in [4.78, 5) is 11.4. The van der Waals surface area contributed by atoms with E-state index in [1.54, 1.807) is 18.7 Å². The molecule has 0 aromatic carbocycles. The fourth-order valence-corrected chi connectivity index (χ4v) is 3.17. The van der Waals surface area contributed by atoms with Gasteiger partial charge in [-0.1, -0.05) is 13.8 Å². The van der Waals surface area contributed by atoms with E-state index in [4.69, 9.17) is 4.74 Å². The highest BCUT2D eigenvalue weighted by molar-refractivity contribution is 5.94. The van der Waals surface area contributed by atoms with Crippen LogP contribution in [0.4, 0.5) is 5.82 Å². The Labute approximate surface area is 125 Å². The topological polar surface area (TPSA) is 76.4 Å². The molecule has 0 radical (unpaired) electrons. The van der Waals surface area contributed by atoms with Crippen molar-refractivity contribution in [3.8, 4) is 0 Å². The molecule has 2 rings (SSSR count). The van der Waals surface area contributed by atoms with Gasteiger partial charge in [-0.2, -0.15) is 5.10 Å². The summed E-state index contributed by atoms with van der Waals surface area (Å²) in [6.45, 7) is 6.71. The van der Waals surface area contributed by atoms with E-state index in [0.29, 0.717) is 18.1 Å². The highest BCUT2D eigenvalue weighted by Gasteiger charge is 2.35. The number of anilines is 1. The minimum absolute atomic E-state index is 0.0903. The van der Waals surface area contributed by atoms with E-state index >= 15 is 0 Å². The lowest BCUT2D eigenvalue weighted by molar-refractivity contribution is -0.0865. The minimum Gasteiger partial charge on any atom is -0.477 e. The van der Waals surface area contributed by atoms with Crippen LogP contribution in [0.25, 0.3) is 0 Å². The quantitative estimate of drug-likeness (QED) is 0.873. The third kappa shape index (κ3) is 3.05. The van der Waals surface area contributed by atoms with Gasteiger partial charge in [0.15, 0.2) is 0 Å². The van der Waals surface area contributed by atoms with Gasteiger partial charge in [0.05, 0.1) is 11.3 Å². The van der Waals surface area contributed by atoms with Crippen LogP contribution in [-0.4, -0.2) is 39.1 Å². The Bertz CT molecular complexity index is 520. The van der Waals surface area contributed by atoms with Crippen molar-refractivity contribution < 1.29 is 14.6 Å². The molecule has 1 saturated heterocycles. The molecule has 0 aliphatic carbocycles. The van der Waals surface area contributed by atoms with Crippen molar-refractivity contribution in [2.75, 3.05) is 11.9 Å². The van der Waals surface area contributed by atoms with Crippen LogP contribution >= 0.6 is 0 Å². The fraction of sp³-hybridized carbons (Fsp3) is 0.733. The summed E-state index contributed by atoms with van der Waals surface area (Å²) in [6.07, 6.45) is 3.71. The molecule has 0 amide bonds. The van der Waals surface area contributed by atoms with E-state index < -0.39 is 5.97 Å². The summed E-state index contributed by atoms with van der Waals surface area (Å²) in [7, 11) is 1.77. The van der Waals surface area contributed by atoms with Gasteiger partial charge in [0.1, 0.15) is 11.4 Å². The number of nitrogens with zero attached hydrogens (tertiary/aromatic N) is 2. The molecule has 1 aliphatic heterocycles. The van der Waals surface area contributed by atoms with E-state index in [1.807, 2.05) is 0 Å². The Morgan fingerprint density at radius 1 is 1.52 bits per heavy atom. The monoisotopic (exact) mass is 295 g/mol. The third-order valence-electron chi connectivity index (χ3n) is 4.56. The zero-order valence-electron chi connectivity index (χ0n) is 13.3. The summed E-state index contributed by atoms with van der Waals surface area (Å²) in [5.41, 5.74) is 0.715. The lowest BCUT2D eigenvalue weighted by Gasteiger charge is -2.40. The van der Waals surface area contributed by atoms with Gasteiger partial charge in [0, 0.05) is 19.7 Å². The third-order valence-corrected chi connectivity index (χ3v) is 4.56. The number of nitrogens with one attached hydrogen (secondary N) is 1. The van der Waals surface area contributed by atoms with E-state index in [0.717, 1.165) is 25.7 Å². The van der Waals surface area contributed by atoms with E-state index in [2.05, 4.69) is 24.3 Å². The summed E-state index contributed by atoms with van der Waals surface area (Å²) < 4.78 is 7.59. The molecule has 118 valence electrons. The molecule has 2 N–H and O–H groups in total. The van der Waals surface area contributed by atoms with Crippen LogP contribution < -0.4 is 5.32 Å². The Balaban J connectivity index is 2.20. The second kappa shape index (κ2) is 6.05. The molecule has 1 atom stereocenters. The fourth-order valence-electron chi connectivity index (χ4n) is 3.17. The lowest BCUT2D eigenvalue weighted by atomic mass is 9.86. The number of rotatable bonds is 5. The van der Waals surface area contributed by atoms with Crippen molar-refractivity contribution in [2.45, 2.75) is 58.1 Å². The van der Waals surface area contributed by atoms with Crippen LogP contribution in [0.1, 0.15) is 55.6 Å². The molecule has 0 bridgehead atoms. The van der Waals surface area contributed by atoms with Crippen molar-refractivity contribution in [3.63, 3.8) is 0 Å². The minimum atomic E-state index is -0.938. The number of hydrogen-bond donors (Lipinski definition) is 2. The van der Waals surface area contributed by atoms with Crippen molar-refractivity contribution in [1.29, 1.82) is 0 Å². The average molecular weight is 295 g/mol. The molecule has 1 aromatic rings. The molecule has 6 heteroatoms. The van der Waals surface area contributed by atoms with Gasteiger partial charge in [0.25, 0.3) is 0 Å². The molecule has 1 aromatic heterocycles. The first kappa shape index (κ1) is 15.8. The Hall–Kier alpha value is -1.56. The van der Waals surface area contributed by atoms with Crippen molar-refractivity contribution >= 4 is 11.8 Å². The molecule has 21 heavy (non-hydrogen) atoms. The van der Waals surface area contributed by atoms with Crippen LogP contribution in [0.2, 0.25) is 0 Å². The number of carboxylic acid groups (broad SMARTS) is 1. The second-order valence-corrected chi connectivity index (χ2v) is 5.81. The Kier molecular flexibility index (Phi) is 4.56. The van der Waals surface area contributed by atoms with Crippen LogP contribution in [0.5, 0.6) is 0 Å². The van der Waals surface area contributed by atoms with E-state index in [-0.39, 0.29) is 17.2 Å². The zero-order chi connectivity index (χ0) is 15.6. The van der Waals surface area contributed by atoms with Crippen molar-refractivity contribution in [3.05, 3.63) is 11.3 Å². The SMILES string of the molecule is CCC1(CC)CC(Nc2c(C(=O)O)c(C)nn2C)CCO1. The summed E-state index contributed by atoms with van der Waals surface area (Å²) in [5, 5.41) is 17.0. The largest absolute Gasteiger partial charge is 0.477 e. The predicted molar refractivity (Wildman–Crippen MR) is 80.8 cm³/mol. The normalized spacial score (nSPS) is 21.2. The smallest absolute Gasteiger partial charge is 0.341 e. The number of aromatic nitrogens is 2. The summed E-state index contributed by atoms with van der Waals surface area (Å²) >= 11 is 0. The van der Waals surface area contributed by atoms with Gasteiger partial charge in [0.2, 0.25) is 0 Å². The van der Waals surface area contributed by atoms with Crippen LogP contribution in [0.3, 0.4) is 0 Å². The Morgan fingerprint density at radius 3 is 2.76 bits per heavy atom. The average Bonchev–Trinajstić information content (AvgIpc) is 2.73. The van der Waals surface area contributed by atoms with Crippen LogP contribution in [-0.2, 0) is 11.8 Å². The van der Waals surface area contributed by atoms with Gasteiger partial charge in [-0.3, -0.25) is 4.68 Å². The van der Waals surface area contributed by atoms with Gasteiger partial charge in [-0.25, -0.2) is 4.79 Å². The molecular weight excluding hydrogens is 270 g/mol. The van der Waals surface area contributed by atoms with Gasteiger partial charge < -0.3 is 15.2 Å². The number of carbonyl (C=O) groups is 1. The van der Waals surface area contributed by atoms with Crippen LogP contribution in [0, 0.1) is 6.92 Å². The molecule has 1 unspecified atom stereocenters. The maximum atomic E-state index is 11.4. The van der Waals surface area contributed by atoms with Gasteiger partial charge >= 0.3 is 5.97 Å². The molecule has 1 aliphatic rings. The second-order valence-electron chi connectivity index (χ2n) is 5.81. The summed E-state index contributed by atoms with van der Waals surface area (Å²) in [5.74, 6) is -0.347. The first-order valence-electron chi connectivity index (χ1n) is 7.60. The van der Waals surface area contributed by atoms with Crippen molar-refractivity contribution in [2.24, 2.45) is 7.05 Å². The van der Waals surface area contributed by atoms with E-state index in [1.165, 1.54) is 0 Å². The molecule has 0 saturated carbocycles. The first-order valence-corrected chi connectivity index (χ1v) is 7.60. The number of ether oxygens (including phenoxy) is 1. The van der Waals surface area contributed by atoms with Gasteiger partial charge in [-0.05, 0) is 32.6 Å². The maximum absolute atomic E-state index is 11.4. The standard InChI is InChI=1S/C15H25N3O3/c1-5-15(6-2)9-11(7-8-21-15)16-13-12(14(19)20)10(3)17-18(13)4/h11,16H,5-9H2,1-4H3,(H,19,20). The molecular formula is C15H25N3O3. The molecule has 6 nitrogen and oxygen atoms in total. The lowest BCUT2D eigenvalue weighted by Crippen LogP contribution is -2.44. The Morgan fingerprint density at radius 2 is 2.19 bits per heavy atom. The van der Waals surface area contributed by atoms with Crippen LogP contribution in [0.15, 0.2) is 0 Å². The van der Waals surface area contributed by atoms with Crippen molar-refractivity contribution in [1.82, 2.24) is 9.78 Å². The molecule has 0 spiro atoms. The highest BCUT2D eigenvalue weighted by atomic mass is 16.5.